The predicted octanol–water partition coefficient (Wildman–Crippen LogP) is 4.12. The maximum absolute atomic E-state index is 12.3. The minimum Gasteiger partial charge on any atom is -0.497 e. The summed E-state index contributed by atoms with van der Waals surface area (Å²) in [5.74, 6) is 0.726. The van der Waals surface area contributed by atoms with Crippen LogP contribution in [0.3, 0.4) is 0 Å². The summed E-state index contributed by atoms with van der Waals surface area (Å²) in [6.45, 7) is 2.41. The molecule has 0 unspecified atom stereocenters. The van der Waals surface area contributed by atoms with Crippen molar-refractivity contribution in [2.24, 2.45) is 0 Å². The quantitative estimate of drug-likeness (QED) is 0.757. The highest BCUT2D eigenvalue weighted by molar-refractivity contribution is 7.17. The van der Waals surface area contributed by atoms with Gasteiger partial charge in [-0.15, -0.1) is 22.7 Å². The van der Waals surface area contributed by atoms with E-state index in [1.807, 2.05) is 48.7 Å². The topological polar surface area (TPSA) is 51.2 Å². The Balaban J connectivity index is 1.75. The molecule has 1 amide bonds. The Kier molecular flexibility index (Phi) is 4.73. The van der Waals surface area contributed by atoms with Crippen molar-refractivity contribution >= 4 is 28.6 Å². The number of carbonyl (C=O) groups is 1. The van der Waals surface area contributed by atoms with E-state index in [-0.39, 0.29) is 5.91 Å². The minimum absolute atomic E-state index is 0.0758. The van der Waals surface area contributed by atoms with Crippen LogP contribution in [0.1, 0.15) is 20.2 Å². The first-order valence-corrected chi connectivity index (χ1v) is 8.79. The number of hydrogen-bond acceptors (Lipinski definition) is 5. The monoisotopic (exact) mass is 344 g/mol. The SMILES string of the molecule is COc1ccc(-c2nc(C)c(C(=O)NCc3cccs3)s2)cc1. The molecule has 0 aliphatic rings. The van der Waals surface area contributed by atoms with Gasteiger partial charge in [-0.1, -0.05) is 6.07 Å². The summed E-state index contributed by atoms with van der Waals surface area (Å²) >= 11 is 3.04. The second-order valence-corrected chi connectivity index (χ2v) is 6.96. The highest BCUT2D eigenvalue weighted by Gasteiger charge is 2.16. The molecular weight excluding hydrogens is 328 g/mol. The molecule has 1 N–H and O–H groups in total. The number of methoxy groups -OCH3 is 1. The Hall–Kier alpha value is -2.18. The highest BCUT2D eigenvalue weighted by Crippen LogP contribution is 2.29. The zero-order valence-electron chi connectivity index (χ0n) is 12.8. The first kappa shape index (κ1) is 15.7. The summed E-state index contributed by atoms with van der Waals surface area (Å²) in [4.78, 5) is 18.7. The second kappa shape index (κ2) is 6.93. The van der Waals surface area contributed by atoms with Crippen LogP contribution in [-0.2, 0) is 6.54 Å². The van der Waals surface area contributed by atoms with E-state index in [4.69, 9.17) is 4.74 Å². The smallest absolute Gasteiger partial charge is 0.263 e. The number of thiophene rings is 1. The Labute approximate surface area is 142 Å². The average molecular weight is 344 g/mol. The molecule has 0 aliphatic carbocycles. The maximum Gasteiger partial charge on any atom is 0.263 e. The van der Waals surface area contributed by atoms with Gasteiger partial charge in [0.05, 0.1) is 19.3 Å². The number of nitrogens with zero attached hydrogens (tertiary/aromatic N) is 1. The van der Waals surface area contributed by atoms with Gasteiger partial charge in [0.15, 0.2) is 0 Å². The highest BCUT2D eigenvalue weighted by atomic mass is 32.1. The summed E-state index contributed by atoms with van der Waals surface area (Å²) in [6.07, 6.45) is 0. The fraction of sp³-hybridized carbons (Fsp3) is 0.176. The molecule has 1 aromatic carbocycles. The zero-order valence-corrected chi connectivity index (χ0v) is 14.5. The van der Waals surface area contributed by atoms with Gasteiger partial charge in [-0.3, -0.25) is 4.79 Å². The molecular formula is C17H16N2O2S2. The van der Waals surface area contributed by atoms with E-state index < -0.39 is 0 Å². The molecule has 0 atom stereocenters. The largest absolute Gasteiger partial charge is 0.497 e. The number of carbonyl (C=O) groups excluding carboxylic acids is 1. The number of amides is 1. The van der Waals surface area contributed by atoms with Gasteiger partial charge in [0, 0.05) is 10.4 Å². The van der Waals surface area contributed by atoms with Crippen LogP contribution >= 0.6 is 22.7 Å². The molecule has 0 saturated heterocycles. The van der Waals surface area contributed by atoms with E-state index in [1.165, 1.54) is 11.3 Å². The molecule has 0 aliphatic heterocycles. The molecule has 23 heavy (non-hydrogen) atoms. The molecule has 0 spiro atoms. The molecule has 2 heterocycles. The average Bonchev–Trinajstić information content (AvgIpc) is 3.22. The maximum atomic E-state index is 12.3. The van der Waals surface area contributed by atoms with Crippen molar-refractivity contribution in [1.29, 1.82) is 0 Å². The third-order valence-electron chi connectivity index (χ3n) is 3.34. The van der Waals surface area contributed by atoms with Crippen molar-refractivity contribution < 1.29 is 9.53 Å². The summed E-state index contributed by atoms with van der Waals surface area (Å²) in [7, 11) is 1.64. The van der Waals surface area contributed by atoms with E-state index in [2.05, 4.69) is 10.3 Å². The molecule has 118 valence electrons. The number of ether oxygens (including phenoxy) is 1. The van der Waals surface area contributed by atoms with Crippen LogP contribution in [0.15, 0.2) is 41.8 Å². The molecule has 4 nitrogen and oxygen atoms in total. The molecule has 0 fully saturated rings. The second-order valence-electron chi connectivity index (χ2n) is 4.92. The number of aromatic nitrogens is 1. The van der Waals surface area contributed by atoms with Gasteiger partial charge in [0.25, 0.3) is 5.91 Å². The lowest BCUT2D eigenvalue weighted by atomic mass is 10.2. The lowest BCUT2D eigenvalue weighted by Crippen LogP contribution is -2.22. The van der Waals surface area contributed by atoms with E-state index in [9.17, 15) is 4.79 Å². The molecule has 0 radical (unpaired) electrons. The number of benzene rings is 1. The van der Waals surface area contributed by atoms with Gasteiger partial charge in [-0.2, -0.15) is 0 Å². The number of hydrogen-bond donors (Lipinski definition) is 1. The van der Waals surface area contributed by atoms with Gasteiger partial charge in [-0.25, -0.2) is 4.98 Å². The van der Waals surface area contributed by atoms with Gasteiger partial charge >= 0.3 is 0 Å². The molecule has 6 heteroatoms. The Bertz CT molecular complexity index is 793. The van der Waals surface area contributed by atoms with Crippen LogP contribution < -0.4 is 10.1 Å². The lowest BCUT2D eigenvalue weighted by molar-refractivity contribution is 0.0954. The first-order valence-electron chi connectivity index (χ1n) is 7.10. The van der Waals surface area contributed by atoms with Crippen molar-refractivity contribution in [3.8, 4) is 16.3 Å². The Morgan fingerprint density at radius 2 is 2.04 bits per heavy atom. The molecule has 2 aromatic heterocycles. The normalized spacial score (nSPS) is 10.5. The molecule has 0 saturated carbocycles. The Morgan fingerprint density at radius 1 is 1.26 bits per heavy atom. The van der Waals surface area contributed by atoms with E-state index in [1.54, 1.807) is 18.4 Å². The van der Waals surface area contributed by atoms with Crippen molar-refractivity contribution in [2.45, 2.75) is 13.5 Å². The fourth-order valence-corrected chi connectivity index (χ4v) is 3.76. The molecule has 3 rings (SSSR count). The number of rotatable bonds is 5. The van der Waals surface area contributed by atoms with E-state index >= 15 is 0 Å². The first-order chi connectivity index (χ1) is 11.2. The summed E-state index contributed by atoms with van der Waals surface area (Å²) < 4.78 is 5.16. The van der Waals surface area contributed by atoms with Gasteiger partial charge < -0.3 is 10.1 Å². The number of thiazole rings is 1. The van der Waals surface area contributed by atoms with Crippen LogP contribution in [0.4, 0.5) is 0 Å². The third-order valence-corrected chi connectivity index (χ3v) is 5.42. The van der Waals surface area contributed by atoms with Crippen molar-refractivity contribution in [3.63, 3.8) is 0 Å². The van der Waals surface area contributed by atoms with Gasteiger partial charge in [0.2, 0.25) is 0 Å². The van der Waals surface area contributed by atoms with Crippen LogP contribution in [0.25, 0.3) is 10.6 Å². The number of nitrogens with one attached hydrogen (secondary N) is 1. The van der Waals surface area contributed by atoms with Crippen LogP contribution in [0, 0.1) is 6.92 Å². The minimum atomic E-state index is -0.0758. The standard InChI is InChI=1S/C17H16N2O2S2/c1-11-15(16(20)18-10-14-4-3-9-22-14)23-17(19-11)12-5-7-13(21-2)8-6-12/h3-9H,10H2,1-2H3,(H,18,20). The number of aryl methyl sites for hydroxylation is 1. The lowest BCUT2D eigenvalue weighted by Gasteiger charge is -2.01. The summed E-state index contributed by atoms with van der Waals surface area (Å²) in [6, 6.07) is 11.7. The zero-order chi connectivity index (χ0) is 16.2. The van der Waals surface area contributed by atoms with Crippen LogP contribution in [0.2, 0.25) is 0 Å². The summed E-state index contributed by atoms with van der Waals surface area (Å²) in [5.41, 5.74) is 1.74. The van der Waals surface area contributed by atoms with Crippen molar-refractivity contribution in [1.82, 2.24) is 10.3 Å². The third kappa shape index (κ3) is 3.60. The van der Waals surface area contributed by atoms with Crippen LogP contribution in [0.5, 0.6) is 5.75 Å². The molecule has 3 aromatic rings. The fourth-order valence-electron chi connectivity index (χ4n) is 2.13. The van der Waals surface area contributed by atoms with Crippen LogP contribution in [-0.4, -0.2) is 18.0 Å². The van der Waals surface area contributed by atoms with Gasteiger partial charge in [0.1, 0.15) is 15.6 Å². The van der Waals surface area contributed by atoms with E-state index in [0.29, 0.717) is 11.4 Å². The van der Waals surface area contributed by atoms with Crippen molar-refractivity contribution in [3.05, 3.63) is 57.2 Å². The predicted molar refractivity (Wildman–Crippen MR) is 94.3 cm³/mol. The molecule has 0 bridgehead atoms. The van der Waals surface area contributed by atoms with Gasteiger partial charge in [-0.05, 0) is 42.6 Å². The van der Waals surface area contributed by atoms with E-state index in [0.717, 1.165) is 26.9 Å². The summed E-state index contributed by atoms with van der Waals surface area (Å²) in [5, 5.41) is 5.79. The Morgan fingerprint density at radius 3 is 2.70 bits per heavy atom. The van der Waals surface area contributed by atoms with Crippen molar-refractivity contribution in [2.75, 3.05) is 7.11 Å².